The number of esters is 1. The van der Waals surface area contributed by atoms with Crippen LogP contribution in [0.2, 0.25) is 0 Å². The number of benzene rings is 1. The van der Waals surface area contributed by atoms with E-state index in [4.69, 9.17) is 9.47 Å². The quantitative estimate of drug-likeness (QED) is 0.334. The van der Waals surface area contributed by atoms with Gasteiger partial charge in [0.2, 0.25) is 10.0 Å². The van der Waals surface area contributed by atoms with Gasteiger partial charge in [0.1, 0.15) is 0 Å². The summed E-state index contributed by atoms with van der Waals surface area (Å²) in [5.74, 6) is -0.588. The molecule has 0 bridgehead atoms. The zero-order valence-electron chi connectivity index (χ0n) is 17.3. The number of alkyl halides is 3. The molecule has 7 nitrogen and oxygen atoms in total. The molecule has 1 fully saturated rings. The van der Waals surface area contributed by atoms with Gasteiger partial charge in [-0.25, -0.2) is 18.2 Å². The molecular weight excluding hydrogens is 449 g/mol. The maximum atomic E-state index is 13.5. The van der Waals surface area contributed by atoms with Crippen molar-refractivity contribution in [2.45, 2.75) is 24.1 Å². The van der Waals surface area contributed by atoms with Gasteiger partial charge in [0.05, 0.1) is 41.2 Å². The fourth-order valence-corrected chi connectivity index (χ4v) is 4.12. The molecule has 2 aromatic rings. The molecule has 11 heteroatoms. The number of carbonyl (C=O) groups is 1. The third-order valence-electron chi connectivity index (χ3n) is 4.55. The predicted octanol–water partition coefficient (Wildman–Crippen LogP) is 3.36. The van der Waals surface area contributed by atoms with Crippen LogP contribution in [0.15, 0.2) is 47.4 Å². The number of pyridine rings is 1. The van der Waals surface area contributed by atoms with Crippen molar-refractivity contribution in [2.24, 2.45) is 0 Å². The number of rotatable bonds is 8. The first-order valence-corrected chi connectivity index (χ1v) is 11.1. The average molecular weight is 470 g/mol. The summed E-state index contributed by atoms with van der Waals surface area (Å²) in [5, 5.41) is 0. The van der Waals surface area contributed by atoms with Gasteiger partial charge in [0.25, 0.3) is 0 Å². The number of aromatic nitrogens is 1. The van der Waals surface area contributed by atoms with E-state index in [2.05, 4.69) is 4.98 Å². The van der Waals surface area contributed by atoms with Crippen molar-refractivity contribution in [1.82, 2.24) is 9.29 Å². The van der Waals surface area contributed by atoms with E-state index in [-0.39, 0.29) is 30.5 Å². The van der Waals surface area contributed by atoms with Gasteiger partial charge in [-0.05, 0) is 43.3 Å². The lowest BCUT2D eigenvalue weighted by atomic mass is 10.1. The highest BCUT2D eigenvalue weighted by Gasteiger charge is 2.35. The van der Waals surface area contributed by atoms with E-state index < -0.39 is 32.6 Å². The predicted molar refractivity (Wildman–Crippen MR) is 110 cm³/mol. The molecule has 1 aliphatic heterocycles. The van der Waals surface area contributed by atoms with E-state index >= 15 is 0 Å². The molecule has 0 N–H and O–H groups in total. The van der Waals surface area contributed by atoms with Crippen LogP contribution in [0.5, 0.6) is 0 Å². The minimum absolute atomic E-state index is 0.0270. The summed E-state index contributed by atoms with van der Waals surface area (Å²) in [4.78, 5) is 15.2. The van der Waals surface area contributed by atoms with Crippen LogP contribution in [0.25, 0.3) is 17.3 Å². The second-order valence-electron chi connectivity index (χ2n) is 7.02. The number of likely N-dealkylation sites (N-methyl/N-ethyl adjacent to an activating group) is 1. The Balaban J connectivity index is 2.02. The van der Waals surface area contributed by atoms with Crippen molar-refractivity contribution >= 4 is 22.1 Å². The first-order chi connectivity index (χ1) is 15.0. The zero-order valence-corrected chi connectivity index (χ0v) is 18.1. The van der Waals surface area contributed by atoms with Gasteiger partial charge in [0, 0.05) is 25.2 Å². The minimum atomic E-state index is -4.76. The van der Waals surface area contributed by atoms with Crippen molar-refractivity contribution < 1.29 is 35.9 Å². The third kappa shape index (κ3) is 5.93. The molecule has 32 heavy (non-hydrogen) atoms. The number of nitrogens with zero attached hydrogens (tertiary/aromatic N) is 2. The average Bonchev–Trinajstić information content (AvgIpc) is 3.55. The molecule has 0 unspecified atom stereocenters. The Bertz CT molecular complexity index is 1130. The number of carbonyl (C=O) groups excluding carboxylic acids is 1. The van der Waals surface area contributed by atoms with Crippen LogP contribution in [0, 0.1) is 0 Å². The summed E-state index contributed by atoms with van der Waals surface area (Å²) in [7, 11) is -2.91. The van der Waals surface area contributed by atoms with E-state index in [0.717, 1.165) is 22.5 Å². The summed E-state index contributed by atoms with van der Waals surface area (Å²) in [6.45, 7) is 2.29. The van der Waals surface area contributed by atoms with Crippen LogP contribution in [-0.2, 0) is 30.5 Å². The molecule has 1 aromatic heterocycles. The highest BCUT2D eigenvalue weighted by atomic mass is 32.2. The van der Waals surface area contributed by atoms with Crippen molar-refractivity contribution in [1.29, 1.82) is 0 Å². The van der Waals surface area contributed by atoms with Crippen molar-refractivity contribution in [3.05, 3.63) is 53.7 Å². The van der Waals surface area contributed by atoms with Gasteiger partial charge in [-0.2, -0.15) is 17.5 Å². The third-order valence-corrected chi connectivity index (χ3v) is 6.35. The maximum absolute atomic E-state index is 13.5. The first kappa shape index (κ1) is 23.9. The first-order valence-electron chi connectivity index (χ1n) is 9.63. The number of sulfonamides is 1. The fourth-order valence-electron chi connectivity index (χ4n) is 2.85. The molecule has 1 aliphatic rings. The molecule has 3 rings (SSSR count). The molecule has 0 aliphatic carbocycles. The Hall–Kier alpha value is -2.76. The molecule has 172 valence electrons. The lowest BCUT2D eigenvalue weighted by molar-refractivity contribution is -0.138. The van der Waals surface area contributed by atoms with Crippen LogP contribution in [0.4, 0.5) is 13.2 Å². The Labute approximate surface area is 183 Å². The summed E-state index contributed by atoms with van der Waals surface area (Å²) in [6, 6.07) is 7.13. The van der Waals surface area contributed by atoms with Crippen LogP contribution in [-0.4, -0.2) is 56.6 Å². The standard InChI is InChI=1S/C21H21F3N2O5S/c1-3-30-20(27)8-7-16-5-4-6-19(25-16)14-9-15(21(22,23)24)11-18(10-14)32(28,29)26(2)12-17-13-31-17/h4-11,17H,3,12-13H2,1-2H3/t17-/m0/s1. The summed E-state index contributed by atoms with van der Waals surface area (Å²) < 4.78 is 77.1. The van der Waals surface area contributed by atoms with E-state index in [9.17, 15) is 26.4 Å². The van der Waals surface area contributed by atoms with E-state index in [1.807, 2.05) is 0 Å². The molecule has 0 radical (unpaired) electrons. The second-order valence-corrected chi connectivity index (χ2v) is 9.06. The maximum Gasteiger partial charge on any atom is 0.416 e. The topological polar surface area (TPSA) is 89.1 Å². The summed E-state index contributed by atoms with van der Waals surface area (Å²) in [6.07, 6.45) is -2.52. The molecule has 1 aromatic carbocycles. The van der Waals surface area contributed by atoms with Crippen molar-refractivity contribution in [2.75, 3.05) is 26.8 Å². The van der Waals surface area contributed by atoms with Gasteiger partial charge in [-0.3, -0.25) is 0 Å². The molecule has 0 saturated carbocycles. The highest BCUT2D eigenvalue weighted by molar-refractivity contribution is 7.89. The van der Waals surface area contributed by atoms with Crippen LogP contribution >= 0.6 is 0 Å². The fraction of sp³-hybridized carbons (Fsp3) is 0.333. The van der Waals surface area contributed by atoms with E-state index in [0.29, 0.717) is 18.4 Å². The number of epoxide rings is 1. The normalized spacial score (nSPS) is 16.5. The Morgan fingerprint density at radius 2 is 2.03 bits per heavy atom. The number of hydrogen-bond donors (Lipinski definition) is 0. The Morgan fingerprint density at radius 1 is 1.31 bits per heavy atom. The molecule has 0 amide bonds. The summed E-state index contributed by atoms with van der Waals surface area (Å²) >= 11 is 0. The Morgan fingerprint density at radius 3 is 2.66 bits per heavy atom. The molecule has 1 saturated heterocycles. The Kier molecular flexibility index (Phi) is 7.01. The molecule has 2 heterocycles. The number of halogens is 3. The van der Waals surface area contributed by atoms with Gasteiger partial charge in [-0.1, -0.05) is 6.07 Å². The van der Waals surface area contributed by atoms with Crippen LogP contribution in [0.1, 0.15) is 18.2 Å². The van der Waals surface area contributed by atoms with Crippen molar-refractivity contribution in [3.63, 3.8) is 0 Å². The monoisotopic (exact) mass is 470 g/mol. The largest absolute Gasteiger partial charge is 0.463 e. The lowest BCUT2D eigenvalue weighted by Gasteiger charge is -2.18. The smallest absolute Gasteiger partial charge is 0.416 e. The van der Waals surface area contributed by atoms with Gasteiger partial charge < -0.3 is 9.47 Å². The van der Waals surface area contributed by atoms with Gasteiger partial charge in [0.15, 0.2) is 0 Å². The second kappa shape index (κ2) is 9.39. The summed E-state index contributed by atoms with van der Waals surface area (Å²) in [5.41, 5.74) is -0.730. The van der Waals surface area contributed by atoms with Gasteiger partial charge in [-0.15, -0.1) is 0 Å². The number of ether oxygens (including phenoxy) is 2. The van der Waals surface area contributed by atoms with Gasteiger partial charge >= 0.3 is 12.1 Å². The molecular formula is C21H21F3N2O5S. The SMILES string of the molecule is CCOC(=O)C=Cc1cccc(-c2cc(C(F)(F)F)cc(S(=O)(=O)N(C)C[C@H]3CO3)c2)n1. The van der Waals surface area contributed by atoms with Crippen LogP contribution < -0.4 is 0 Å². The van der Waals surface area contributed by atoms with E-state index in [1.165, 1.54) is 25.3 Å². The molecule has 0 spiro atoms. The van der Waals surface area contributed by atoms with Crippen LogP contribution in [0.3, 0.4) is 0 Å². The van der Waals surface area contributed by atoms with Crippen molar-refractivity contribution in [3.8, 4) is 11.3 Å². The van der Waals surface area contributed by atoms with E-state index in [1.54, 1.807) is 13.0 Å². The number of hydrogen-bond acceptors (Lipinski definition) is 6. The minimum Gasteiger partial charge on any atom is -0.463 e. The zero-order chi connectivity index (χ0) is 23.5. The highest BCUT2D eigenvalue weighted by Crippen LogP contribution is 2.35. The lowest BCUT2D eigenvalue weighted by Crippen LogP contribution is -2.30. The molecule has 1 atom stereocenters.